The molecule has 6 nitrogen and oxygen atoms in total. The van der Waals surface area contributed by atoms with Crippen LogP contribution in [0.2, 0.25) is 0 Å². The summed E-state index contributed by atoms with van der Waals surface area (Å²) in [5, 5.41) is 2.51. The highest BCUT2D eigenvalue weighted by atomic mass is 32.2. The Hall–Kier alpha value is -2.93. The minimum Gasteiger partial charge on any atom is -0.355 e. The van der Waals surface area contributed by atoms with E-state index in [1.54, 1.807) is 50.2 Å². The maximum Gasteiger partial charge on any atom is 0.264 e. The molecular formula is C19H20N2O4S. The van der Waals surface area contributed by atoms with Crippen molar-refractivity contribution in [1.82, 2.24) is 10.0 Å². The molecule has 0 saturated carbocycles. The van der Waals surface area contributed by atoms with E-state index in [0.29, 0.717) is 16.7 Å². The van der Waals surface area contributed by atoms with Crippen molar-refractivity contribution in [3.8, 4) is 0 Å². The van der Waals surface area contributed by atoms with Gasteiger partial charge in [-0.3, -0.25) is 9.59 Å². The second-order valence-electron chi connectivity index (χ2n) is 5.77. The maximum absolute atomic E-state index is 12.4. The Bertz CT molecular complexity index is 962. The van der Waals surface area contributed by atoms with Gasteiger partial charge in [-0.05, 0) is 54.8 Å². The molecule has 0 bridgehead atoms. The first-order valence-electron chi connectivity index (χ1n) is 7.87. The van der Waals surface area contributed by atoms with Crippen LogP contribution in [0.5, 0.6) is 0 Å². The first kappa shape index (κ1) is 19.4. The molecule has 0 saturated heterocycles. The predicted molar refractivity (Wildman–Crippen MR) is 100 cm³/mol. The fourth-order valence-corrected chi connectivity index (χ4v) is 3.56. The number of rotatable bonds is 5. The summed E-state index contributed by atoms with van der Waals surface area (Å²) in [6.45, 7) is 3.45. The van der Waals surface area contributed by atoms with Gasteiger partial charge in [0.25, 0.3) is 21.8 Å². The van der Waals surface area contributed by atoms with Crippen molar-refractivity contribution in [2.75, 3.05) is 7.05 Å². The summed E-state index contributed by atoms with van der Waals surface area (Å²) in [6.07, 6.45) is 2.61. The van der Waals surface area contributed by atoms with E-state index in [1.807, 2.05) is 4.72 Å². The Morgan fingerprint density at radius 2 is 1.65 bits per heavy atom. The van der Waals surface area contributed by atoms with E-state index in [1.165, 1.54) is 19.2 Å². The van der Waals surface area contributed by atoms with Gasteiger partial charge in [0.05, 0.1) is 4.90 Å². The molecule has 0 atom stereocenters. The lowest BCUT2D eigenvalue weighted by atomic mass is 10.1. The van der Waals surface area contributed by atoms with Crippen LogP contribution in [0, 0.1) is 13.8 Å². The third-order valence-corrected chi connectivity index (χ3v) is 5.18. The number of aryl methyl sites for hydroxylation is 2. The largest absolute Gasteiger partial charge is 0.355 e. The number of sulfonamides is 1. The standard InChI is InChI=1S/C19H20N2O4S/c1-13-4-5-14(2)17(12-13)26(24,25)21-18(22)11-8-15-6-9-16(10-7-15)19(23)20-3/h4-12H,1-3H3,(H,20,23)(H,21,22)/b11-8+. The fraction of sp³-hybridized carbons (Fsp3) is 0.158. The molecule has 0 heterocycles. The molecular weight excluding hydrogens is 352 g/mol. The van der Waals surface area contributed by atoms with E-state index in [9.17, 15) is 18.0 Å². The molecule has 2 rings (SSSR count). The van der Waals surface area contributed by atoms with E-state index >= 15 is 0 Å². The maximum atomic E-state index is 12.4. The van der Waals surface area contributed by atoms with Crippen LogP contribution in [0.25, 0.3) is 6.08 Å². The molecule has 2 amide bonds. The molecule has 2 aromatic carbocycles. The van der Waals surface area contributed by atoms with Gasteiger partial charge in [-0.15, -0.1) is 0 Å². The zero-order chi connectivity index (χ0) is 19.3. The van der Waals surface area contributed by atoms with Gasteiger partial charge in [0.15, 0.2) is 0 Å². The molecule has 26 heavy (non-hydrogen) atoms. The third-order valence-electron chi connectivity index (χ3n) is 3.70. The summed E-state index contributed by atoms with van der Waals surface area (Å²) in [5.41, 5.74) is 2.50. The topological polar surface area (TPSA) is 92.3 Å². The summed E-state index contributed by atoms with van der Waals surface area (Å²) in [7, 11) is -2.40. The Labute approximate surface area is 153 Å². The zero-order valence-electron chi connectivity index (χ0n) is 14.7. The number of carbonyl (C=O) groups is 2. The fourth-order valence-electron chi connectivity index (χ4n) is 2.28. The van der Waals surface area contributed by atoms with Gasteiger partial charge in [-0.25, -0.2) is 13.1 Å². The molecule has 0 aromatic heterocycles. The van der Waals surface area contributed by atoms with Crippen molar-refractivity contribution in [2.45, 2.75) is 18.7 Å². The van der Waals surface area contributed by atoms with Crippen LogP contribution in [0.15, 0.2) is 53.4 Å². The normalized spacial score (nSPS) is 11.3. The van der Waals surface area contributed by atoms with E-state index in [-0.39, 0.29) is 10.8 Å². The quantitative estimate of drug-likeness (QED) is 0.787. The van der Waals surface area contributed by atoms with E-state index in [4.69, 9.17) is 0 Å². The molecule has 0 aliphatic heterocycles. The van der Waals surface area contributed by atoms with Gasteiger partial charge in [0.1, 0.15) is 0 Å². The minimum absolute atomic E-state index is 0.0779. The number of hydrogen-bond acceptors (Lipinski definition) is 4. The third kappa shape index (κ3) is 4.80. The molecule has 0 radical (unpaired) electrons. The van der Waals surface area contributed by atoms with Crippen LogP contribution >= 0.6 is 0 Å². The number of carbonyl (C=O) groups excluding carboxylic acids is 2. The highest BCUT2D eigenvalue weighted by Gasteiger charge is 2.18. The smallest absolute Gasteiger partial charge is 0.264 e. The lowest BCUT2D eigenvalue weighted by molar-refractivity contribution is -0.114. The molecule has 2 N–H and O–H groups in total. The average Bonchev–Trinajstić information content (AvgIpc) is 2.61. The molecule has 2 aromatic rings. The highest BCUT2D eigenvalue weighted by molar-refractivity contribution is 7.90. The van der Waals surface area contributed by atoms with Crippen molar-refractivity contribution >= 4 is 27.9 Å². The number of hydrogen-bond donors (Lipinski definition) is 2. The minimum atomic E-state index is -3.94. The molecule has 0 unspecified atom stereocenters. The first-order valence-corrected chi connectivity index (χ1v) is 9.35. The van der Waals surface area contributed by atoms with Gasteiger partial charge >= 0.3 is 0 Å². The highest BCUT2D eigenvalue weighted by Crippen LogP contribution is 2.16. The van der Waals surface area contributed by atoms with Gasteiger partial charge in [0, 0.05) is 18.7 Å². The van der Waals surface area contributed by atoms with Crippen LogP contribution < -0.4 is 10.0 Å². The molecule has 7 heteroatoms. The van der Waals surface area contributed by atoms with Crippen LogP contribution in [0.4, 0.5) is 0 Å². The van der Waals surface area contributed by atoms with Crippen molar-refractivity contribution in [3.63, 3.8) is 0 Å². The monoisotopic (exact) mass is 372 g/mol. The van der Waals surface area contributed by atoms with Crippen LogP contribution in [0.1, 0.15) is 27.0 Å². The SMILES string of the molecule is CNC(=O)c1ccc(/C=C/C(=O)NS(=O)(=O)c2cc(C)ccc2C)cc1. The second kappa shape index (κ2) is 7.97. The average molecular weight is 372 g/mol. The lowest BCUT2D eigenvalue weighted by Crippen LogP contribution is -2.29. The summed E-state index contributed by atoms with van der Waals surface area (Å²) in [5.74, 6) is -0.959. The summed E-state index contributed by atoms with van der Waals surface area (Å²) >= 11 is 0. The Morgan fingerprint density at radius 3 is 2.27 bits per heavy atom. The Balaban J connectivity index is 2.11. The molecule has 0 aliphatic carbocycles. The van der Waals surface area contributed by atoms with Crippen LogP contribution in [-0.2, 0) is 14.8 Å². The van der Waals surface area contributed by atoms with Crippen molar-refractivity contribution in [3.05, 3.63) is 70.8 Å². The van der Waals surface area contributed by atoms with Gasteiger partial charge in [-0.2, -0.15) is 0 Å². The number of benzene rings is 2. The van der Waals surface area contributed by atoms with E-state index < -0.39 is 15.9 Å². The van der Waals surface area contributed by atoms with E-state index in [2.05, 4.69) is 5.32 Å². The van der Waals surface area contributed by atoms with Gasteiger partial charge < -0.3 is 5.32 Å². The summed E-state index contributed by atoms with van der Waals surface area (Å²) in [6, 6.07) is 11.6. The Morgan fingerprint density at radius 1 is 1.00 bits per heavy atom. The number of amides is 2. The van der Waals surface area contributed by atoms with Gasteiger partial charge in [-0.1, -0.05) is 24.3 Å². The Kier molecular flexibility index (Phi) is 5.94. The zero-order valence-corrected chi connectivity index (χ0v) is 15.6. The van der Waals surface area contributed by atoms with Crippen molar-refractivity contribution < 1.29 is 18.0 Å². The summed E-state index contributed by atoms with van der Waals surface area (Å²) in [4.78, 5) is 23.5. The molecule has 0 aliphatic rings. The number of nitrogens with one attached hydrogen (secondary N) is 2. The molecule has 0 spiro atoms. The summed E-state index contributed by atoms with van der Waals surface area (Å²) < 4.78 is 26.8. The second-order valence-corrected chi connectivity index (χ2v) is 7.42. The van der Waals surface area contributed by atoms with Gasteiger partial charge in [0.2, 0.25) is 0 Å². The van der Waals surface area contributed by atoms with Crippen molar-refractivity contribution in [1.29, 1.82) is 0 Å². The van der Waals surface area contributed by atoms with Crippen LogP contribution in [0.3, 0.4) is 0 Å². The first-order chi connectivity index (χ1) is 12.2. The van der Waals surface area contributed by atoms with E-state index in [0.717, 1.165) is 11.6 Å². The predicted octanol–water partition coefficient (Wildman–Crippen LogP) is 2.18. The molecule has 136 valence electrons. The van der Waals surface area contributed by atoms with Crippen LogP contribution in [-0.4, -0.2) is 27.3 Å². The lowest BCUT2D eigenvalue weighted by Gasteiger charge is -2.08. The van der Waals surface area contributed by atoms with Crippen molar-refractivity contribution in [2.24, 2.45) is 0 Å². The molecule has 0 fully saturated rings.